The van der Waals surface area contributed by atoms with Crippen molar-refractivity contribution in [1.82, 2.24) is 15.6 Å². The normalized spacial score (nSPS) is 11.8. The third-order valence-corrected chi connectivity index (χ3v) is 4.24. The number of hydrogen-bond donors (Lipinski definition) is 3. The second-order valence-corrected chi connectivity index (χ2v) is 6.08. The van der Waals surface area contributed by atoms with Crippen molar-refractivity contribution in [3.63, 3.8) is 0 Å². The molecule has 0 aliphatic carbocycles. The maximum absolute atomic E-state index is 5.34. The zero-order chi connectivity index (χ0) is 17.5. The van der Waals surface area contributed by atoms with Gasteiger partial charge in [-0.1, -0.05) is 12.1 Å². The molecule has 0 atom stereocenters. The average Bonchev–Trinajstić information content (AvgIpc) is 3.25. The van der Waals surface area contributed by atoms with Crippen molar-refractivity contribution in [3.05, 3.63) is 59.7 Å². The first-order valence-corrected chi connectivity index (χ1v) is 8.88. The van der Waals surface area contributed by atoms with E-state index in [-0.39, 0.29) is 0 Å². The maximum atomic E-state index is 5.34. The third-order valence-electron chi connectivity index (χ3n) is 4.24. The first-order valence-electron chi connectivity index (χ1n) is 8.88. The number of fused-ring (bicyclic) bond motifs is 1. The molecule has 0 aliphatic rings. The van der Waals surface area contributed by atoms with E-state index >= 15 is 0 Å². The molecule has 0 fully saturated rings. The zero-order valence-electron chi connectivity index (χ0n) is 14.9. The largest absolute Gasteiger partial charge is 0.469 e. The first-order chi connectivity index (χ1) is 12.3. The second kappa shape index (κ2) is 8.42. The SMILES string of the molecule is CCNC(=NCCc1ccco1)NCCc1c[nH]c2cccc(C)c12. The molecule has 0 amide bonds. The van der Waals surface area contributed by atoms with Crippen LogP contribution in [0, 0.1) is 6.92 Å². The van der Waals surface area contributed by atoms with Gasteiger partial charge in [-0.2, -0.15) is 0 Å². The molecule has 3 rings (SSSR count). The molecule has 0 aliphatic heterocycles. The van der Waals surface area contributed by atoms with Crippen LogP contribution in [0.2, 0.25) is 0 Å². The molecule has 0 saturated carbocycles. The predicted octanol–water partition coefficient (Wildman–Crippen LogP) is 3.41. The summed E-state index contributed by atoms with van der Waals surface area (Å²) < 4.78 is 5.34. The molecule has 2 heterocycles. The summed E-state index contributed by atoms with van der Waals surface area (Å²) in [5.74, 6) is 1.82. The van der Waals surface area contributed by atoms with Gasteiger partial charge in [-0.3, -0.25) is 4.99 Å². The molecule has 5 heteroatoms. The molecule has 0 spiro atoms. The van der Waals surface area contributed by atoms with Gasteiger partial charge >= 0.3 is 0 Å². The smallest absolute Gasteiger partial charge is 0.191 e. The number of furan rings is 1. The fourth-order valence-electron chi connectivity index (χ4n) is 3.04. The molecule has 132 valence electrons. The van der Waals surface area contributed by atoms with Crippen molar-refractivity contribution in [2.24, 2.45) is 4.99 Å². The number of benzene rings is 1. The molecule has 1 aromatic carbocycles. The fraction of sp³-hybridized carbons (Fsp3) is 0.350. The minimum absolute atomic E-state index is 0.703. The van der Waals surface area contributed by atoms with Crippen molar-refractivity contribution >= 4 is 16.9 Å². The Kier molecular flexibility index (Phi) is 5.77. The lowest BCUT2D eigenvalue weighted by Gasteiger charge is -2.11. The average molecular weight is 338 g/mol. The number of aromatic nitrogens is 1. The molecule has 3 aromatic rings. The Hall–Kier alpha value is -2.69. The maximum Gasteiger partial charge on any atom is 0.191 e. The third kappa shape index (κ3) is 4.44. The van der Waals surface area contributed by atoms with Crippen LogP contribution in [0.3, 0.4) is 0 Å². The Morgan fingerprint density at radius 2 is 2.08 bits per heavy atom. The van der Waals surface area contributed by atoms with Crippen LogP contribution in [0.1, 0.15) is 23.8 Å². The fourth-order valence-corrected chi connectivity index (χ4v) is 3.04. The van der Waals surface area contributed by atoms with Gasteiger partial charge in [0.25, 0.3) is 0 Å². The highest BCUT2D eigenvalue weighted by atomic mass is 16.3. The molecule has 25 heavy (non-hydrogen) atoms. The Balaban J connectivity index is 1.55. The minimum atomic E-state index is 0.703. The van der Waals surface area contributed by atoms with Crippen molar-refractivity contribution in [1.29, 1.82) is 0 Å². The van der Waals surface area contributed by atoms with Crippen LogP contribution in [-0.4, -0.2) is 30.6 Å². The lowest BCUT2D eigenvalue weighted by Crippen LogP contribution is -2.38. The number of hydrogen-bond acceptors (Lipinski definition) is 2. The van der Waals surface area contributed by atoms with Crippen molar-refractivity contribution in [2.75, 3.05) is 19.6 Å². The van der Waals surface area contributed by atoms with Gasteiger partial charge < -0.3 is 20.0 Å². The molecule has 3 N–H and O–H groups in total. The number of aliphatic imine (C=N–C) groups is 1. The highest BCUT2D eigenvalue weighted by molar-refractivity contribution is 5.86. The van der Waals surface area contributed by atoms with Gasteiger partial charge in [0, 0.05) is 43.2 Å². The Labute approximate surface area is 148 Å². The number of H-pyrrole nitrogens is 1. The lowest BCUT2D eigenvalue weighted by atomic mass is 10.1. The highest BCUT2D eigenvalue weighted by Crippen LogP contribution is 2.22. The van der Waals surface area contributed by atoms with Crippen LogP contribution in [0.4, 0.5) is 0 Å². The van der Waals surface area contributed by atoms with E-state index in [4.69, 9.17) is 4.42 Å². The van der Waals surface area contributed by atoms with Crippen LogP contribution < -0.4 is 10.6 Å². The first kappa shape index (κ1) is 17.1. The molecule has 0 bridgehead atoms. The van der Waals surface area contributed by atoms with E-state index in [9.17, 15) is 0 Å². The van der Waals surface area contributed by atoms with Gasteiger partial charge in [0.1, 0.15) is 5.76 Å². The minimum Gasteiger partial charge on any atom is -0.469 e. The van der Waals surface area contributed by atoms with E-state index in [0.717, 1.165) is 37.7 Å². The summed E-state index contributed by atoms with van der Waals surface area (Å²) in [5, 5.41) is 8.05. The summed E-state index contributed by atoms with van der Waals surface area (Å²) in [6, 6.07) is 10.3. The number of rotatable bonds is 7. The van der Waals surface area contributed by atoms with Crippen molar-refractivity contribution in [2.45, 2.75) is 26.7 Å². The van der Waals surface area contributed by atoms with Crippen LogP contribution in [0.5, 0.6) is 0 Å². The van der Waals surface area contributed by atoms with Crippen molar-refractivity contribution < 1.29 is 4.42 Å². The van der Waals surface area contributed by atoms with E-state index in [1.165, 1.54) is 22.0 Å². The molecule has 0 saturated heterocycles. The monoisotopic (exact) mass is 338 g/mol. The Morgan fingerprint density at radius 3 is 2.88 bits per heavy atom. The van der Waals surface area contributed by atoms with Gasteiger partial charge in [0.2, 0.25) is 0 Å². The van der Waals surface area contributed by atoms with Crippen LogP contribution in [0.15, 0.2) is 52.2 Å². The van der Waals surface area contributed by atoms with E-state index < -0.39 is 0 Å². The second-order valence-electron chi connectivity index (χ2n) is 6.08. The molecule has 2 aromatic heterocycles. The number of nitrogens with zero attached hydrogens (tertiary/aromatic N) is 1. The van der Waals surface area contributed by atoms with Gasteiger partial charge in [0.05, 0.1) is 6.26 Å². The zero-order valence-corrected chi connectivity index (χ0v) is 14.9. The Morgan fingerprint density at radius 1 is 1.16 bits per heavy atom. The quantitative estimate of drug-likeness (QED) is 0.457. The van der Waals surface area contributed by atoms with Gasteiger partial charge in [0.15, 0.2) is 5.96 Å². The highest BCUT2D eigenvalue weighted by Gasteiger charge is 2.06. The molecule has 5 nitrogen and oxygen atoms in total. The summed E-state index contributed by atoms with van der Waals surface area (Å²) >= 11 is 0. The van der Waals surface area contributed by atoms with Gasteiger partial charge in [-0.25, -0.2) is 0 Å². The number of aryl methyl sites for hydroxylation is 1. The standard InChI is InChI=1S/C20H26N4O/c1-3-21-20(23-12-10-17-7-5-13-25-17)22-11-9-16-14-24-18-8-4-6-15(2)19(16)18/h4-8,13-14,24H,3,9-12H2,1-2H3,(H2,21,22,23). The molecule has 0 radical (unpaired) electrons. The molecule has 0 unspecified atom stereocenters. The summed E-state index contributed by atoms with van der Waals surface area (Å²) in [6.45, 7) is 6.63. The topological polar surface area (TPSA) is 65.3 Å². The molecular formula is C20H26N4O. The van der Waals surface area contributed by atoms with Crippen LogP contribution in [-0.2, 0) is 12.8 Å². The predicted molar refractivity (Wildman–Crippen MR) is 103 cm³/mol. The van der Waals surface area contributed by atoms with Gasteiger partial charge in [-0.15, -0.1) is 0 Å². The van der Waals surface area contributed by atoms with E-state index in [2.05, 4.69) is 58.9 Å². The van der Waals surface area contributed by atoms with E-state index in [1.807, 2.05) is 12.1 Å². The van der Waals surface area contributed by atoms with Gasteiger partial charge in [-0.05, 0) is 49.6 Å². The number of nitrogens with one attached hydrogen (secondary N) is 3. The summed E-state index contributed by atoms with van der Waals surface area (Å²) in [5.41, 5.74) is 3.86. The van der Waals surface area contributed by atoms with Crippen LogP contribution in [0.25, 0.3) is 10.9 Å². The summed E-state index contributed by atoms with van der Waals surface area (Å²) in [7, 11) is 0. The Bertz CT molecular complexity index is 817. The molecular weight excluding hydrogens is 312 g/mol. The van der Waals surface area contributed by atoms with E-state index in [0.29, 0.717) is 6.54 Å². The number of aromatic amines is 1. The number of guanidine groups is 1. The lowest BCUT2D eigenvalue weighted by molar-refractivity contribution is 0.510. The summed E-state index contributed by atoms with van der Waals surface area (Å²) in [6.07, 6.45) is 5.57. The van der Waals surface area contributed by atoms with Crippen LogP contribution >= 0.6 is 0 Å². The van der Waals surface area contributed by atoms with Crippen molar-refractivity contribution in [3.8, 4) is 0 Å². The van der Waals surface area contributed by atoms with E-state index in [1.54, 1.807) is 6.26 Å². The summed E-state index contributed by atoms with van der Waals surface area (Å²) in [4.78, 5) is 7.97.